The minimum Gasteiger partial charge on any atom is -0.444 e. The molecule has 5 nitrogen and oxygen atoms in total. The van der Waals surface area contributed by atoms with E-state index >= 15 is 0 Å². The highest BCUT2D eigenvalue weighted by Crippen LogP contribution is 2.23. The minimum atomic E-state index is -0.500. The number of likely N-dealkylation sites (tertiary alicyclic amines) is 1. The van der Waals surface area contributed by atoms with E-state index < -0.39 is 5.60 Å². The third kappa shape index (κ3) is 6.03. The van der Waals surface area contributed by atoms with E-state index in [9.17, 15) is 9.59 Å². The highest BCUT2D eigenvalue weighted by molar-refractivity contribution is 9.10. The van der Waals surface area contributed by atoms with E-state index in [1.165, 1.54) is 0 Å². The van der Waals surface area contributed by atoms with Gasteiger partial charge in [0.25, 0.3) is 0 Å². The monoisotopic (exact) mass is 410 g/mol. The van der Waals surface area contributed by atoms with Crippen molar-refractivity contribution in [3.8, 4) is 0 Å². The summed E-state index contributed by atoms with van der Waals surface area (Å²) in [5.41, 5.74) is 0.508. The number of benzene rings is 1. The third-order valence-electron chi connectivity index (χ3n) is 4.25. The maximum Gasteiger partial charge on any atom is 0.407 e. The van der Waals surface area contributed by atoms with Crippen molar-refractivity contribution in [3.63, 3.8) is 0 Å². The molecule has 0 aromatic heterocycles. The van der Waals surface area contributed by atoms with Gasteiger partial charge in [-0.25, -0.2) is 4.79 Å². The fourth-order valence-corrected chi connectivity index (χ4v) is 3.33. The zero-order valence-electron chi connectivity index (χ0n) is 15.3. The number of piperidine rings is 1. The first-order valence-corrected chi connectivity index (χ1v) is 9.49. The van der Waals surface area contributed by atoms with Gasteiger partial charge in [-0.1, -0.05) is 28.1 Å². The van der Waals surface area contributed by atoms with Crippen LogP contribution in [0.5, 0.6) is 0 Å². The molecule has 1 heterocycles. The molecule has 1 N–H and O–H groups in total. The first-order valence-electron chi connectivity index (χ1n) is 8.69. The first-order chi connectivity index (χ1) is 11.7. The third-order valence-corrected chi connectivity index (χ3v) is 4.74. The van der Waals surface area contributed by atoms with E-state index in [1.807, 2.05) is 56.9 Å². The SMILES string of the molecule is CC(C(=O)N1CCC(NC(=O)OC(C)(C)C)CC1)c1cccc(Br)c1. The second-order valence-corrected chi connectivity index (χ2v) is 8.44. The lowest BCUT2D eigenvalue weighted by molar-refractivity contribution is -0.133. The Labute approximate surface area is 158 Å². The van der Waals surface area contributed by atoms with Crippen LogP contribution in [0.1, 0.15) is 52.0 Å². The van der Waals surface area contributed by atoms with Crippen LogP contribution < -0.4 is 5.32 Å². The summed E-state index contributed by atoms with van der Waals surface area (Å²) in [4.78, 5) is 26.5. The van der Waals surface area contributed by atoms with E-state index in [2.05, 4.69) is 21.2 Å². The highest BCUT2D eigenvalue weighted by atomic mass is 79.9. The Morgan fingerprint density at radius 1 is 1.28 bits per heavy atom. The van der Waals surface area contributed by atoms with Crippen LogP contribution in [-0.4, -0.2) is 41.6 Å². The largest absolute Gasteiger partial charge is 0.444 e. The van der Waals surface area contributed by atoms with Crippen molar-refractivity contribution in [1.82, 2.24) is 10.2 Å². The summed E-state index contributed by atoms with van der Waals surface area (Å²) in [6.07, 6.45) is 1.10. The van der Waals surface area contributed by atoms with Gasteiger partial charge in [0.2, 0.25) is 5.91 Å². The number of hydrogen-bond donors (Lipinski definition) is 1. The normalized spacial score (nSPS) is 17.1. The number of rotatable bonds is 3. The van der Waals surface area contributed by atoms with Gasteiger partial charge >= 0.3 is 6.09 Å². The van der Waals surface area contributed by atoms with Gasteiger partial charge in [-0.15, -0.1) is 0 Å². The van der Waals surface area contributed by atoms with E-state index in [1.54, 1.807) is 0 Å². The van der Waals surface area contributed by atoms with Crippen molar-refractivity contribution >= 4 is 27.9 Å². The van der Waals surface area contributed by atoms with Crippen LogP contribution in [0.3, 0.4) is 0 Å². The Kier molecular flexibility index (Phi) is 6.49. The van der Waals surface area contributed by atoms with Crippen molar-refractivity contribution < 1.29 is 14.3 Å². The molecule has 0 spiro atoms. The lowest BCUT2D eigenvalue weighted by atomic mass is 9.97. The van der Waals surface area contributed by atoms with Crippen molar-refractivity contribution in [2.24, 2.45) is 0 Å². The number of ether oxygens (including phenoxy) is 1. The molecule has 1 aromatic rings. The maximum atomic E-state index is 12.7. The number of carbonyl (C=O) groups excluding carboxylic acids is 2. The molecule has 2 amide bonds. The molecule has 1 unspecified atom stereocenters. The summed E-state index contributed by atoms with van der Waals surface area (Å²) in [6, 6.07) is 7.91. The Hall–Kier alpha value is -1.56. The topological polar surface area (TPSA) is 58.6 Å². The van der Waals surface area contributed by atoms with Crippen molar-refractivity contribution in [1.29, 1.82) is 0 Å². The van der Waals surface area contributed by atoms with Crippen LogP contribution in [-0.2, 0) is 9.53 Å². The molecule has 1 saturated heterocycles. The molecule has 1 aromatic carbocycles. The number of carbonyl (C=O) groups is 2. The molecule has 138 valence electrons. The van der Waals surface area contributed by atoms with Gasteiger partial charge in [-0.3, -0.25) is 4.79 Å². The Balaban J connectivity index is 1.85. The van der Waals surface area contributed by atoms with E-state index in [-0.39, 0.29) is 24.0 Å². The maximum absolute atomic E-state index is 12.7. The van der Waals surface area contributed by atoms with E-state index in [0.717, 1.165) is 22.9 Å². The second kappa shape index (κ2) is 8.21. The zero-order valence-corrected chi connectivity index (χ0v) is 16.9. The average molecular weight is 411 g/mol. The zero-order chi connectivity index (χ0) is 18.6. The number of hydrogen-bond acceptors (Lipinski definition) is 3. The molecule has 0 saturated carbocycles. The van der Waals surface area contributed by atoms with Gasteiger partial charge in [-0.2, -0.15) is 0 Å². The second-order valence-electron chi connectivity index (χ2n) is 7.52. The van der Waals surface area contributed by atoms with Crippen molar-refractivity contribution in [3.05, 3.63) is 34.3 Å². The minimum absolute atomic E-state index is 0.0556. The first kappa shape index (κ1) is 19.8. The molecule has 1 fully saturated rings. The fraction of sp³-hybridized carbons (Fsp3) is 0.579. The predicted octanol–water partition coefficient (Wildman–Crippen LogP) is 4.07. The Morgan fingerprint density at radius 2 is 1.92 bits per heavy atom. The summed E-state index contributed by atoms with van der Waals surface area (Å²) in [6.45, 7) is 8.77. The number of amides is 2. The molecule has 6 heteroatoms. The van der Waals surface area contributed by atoms with Crippen LogP contribution in [0, 0.1) is 0 Å². The fourth-order valence-electron chi connectivity index (χ4n) is 2.91. The lowest BCUT2D eigenvalue weighted by Gasteiger charge is -2.34. The highest BCUT2D eigenvalue weighted by Gasteiger charge is 2.28. The number of nitrogens with zero attached hydrogens (tertiary/aromatic N) is 1. The van der Waals surface area contributed by atoms with Crippen LogP contribution in [0.4, 0.5) is 4.79 Å². The van der Waals surface area contributed by atoms with Gasteiger partial charge in [-0.05, 0) is 58.2 Å². The van der Waals surface area contributed by atoms with Gasteiger partial charge < -0.3 is 15.0 Å². The number of alkyl carbamates (subject to hydrolysis) is 1. The molecule has 25 heavy (non-hydrogen) atoms. The van der Waals surface area contributed by atoms with Gasteiger partial charge in [0.05, 0.1) is 5.92 Å². The average Bonchev–Trinajstić information content (AvgIpc) is 2.52. The van der Waals surface area contributed by atoms with Crippen LogP contribution in [0.15, 0.2) is 28.7 Å². The van der Waals surface area contributed by atoms with Crippen LogP contribution >= 0.6 is 15.9 Å². The summed E-state index contributed by atoms with van der Waals surface area (Å²) in [7, 11) is 0. The molecule has 0 aliphatic carbocycles. The molecule has 1 atom stereocenters. The molecule has 0 radical (unpaired) electrons. The summed E-state index contributed by atoms with van der Waals surface area (Å²) >= 11 is 3.45. The Bertz CT molecular complexity index is 619. The van der Waals surface area contributed by atoms with Crippen LogP contribution in [0.25, 0.3) is 0 Å². The van der Waals surface area contributed by atoms with Crippen molar-refractivity contribution in [2.75, 3.05) is 13.1 Å². The number of nitrogens with one attached hydrogen (secondary N) is 1. The smallest absolute Gasteiger partial charge is 0.407 e. The van der Waals surface area contributed by atoms with E-state index in [4.69, 9.17) is 4.74 Å². The standard InChI is InChI=1S/C19H27BrN2O3/c1-13(14-6-5-7-15(20)12-14)17(23)22-10-8-16(9-11-22)21-18(24)25-19(2,3)4/h5-7,12-13,16H,8-11H2,1-4H3,(H,21,24). The lowest BCUT2D eigenvalue weighted by Crippen LogP contribution is -2.48. The van der Waals surface area contributed by atoms with Gasteiger partial charge in [0.15, 0.2) is 0 Å². The summed E-state index contributed by atoms with van der Waals surface area (Å²) < 4.78 is 6.26. The molecule has 1 aliphatic rings. The summed E-state index contributed by atoms with van der Waals surface area (Å²) in [5, 5.41) is 2.90. The molecule has 1 aliphatic heterocycles. The molecule has 2 rings (SSSR count). The van der Waals surface area contributed by atoms with Gasteiger partial charge in [0, 0.05) is 23.6 Å². The summed E-state index contributed by atoms with van der Waals surface area (Å²) in [5.74, 6) is -0.0401. The molecular formula is C19H27BrN2O3. The van der Waals surface area contributed by atoms with Crippen LogP contribution in [0.2, 0.25) is 0 Å². The quantitative estimate of drug-likeness (QED) is 0.816. The Morgan fingerprint density at radius 3 is 2.48 bits per heavy atom. The molecular weight excluding hydrogens is 384 g/mol. The van der Waals surface area contributed by atoms with E-state index in [0.29, 0.717) is 13.1 Å². The predicted molar refractivity (Wildman–Crippen MR) is 102 cm³/mol. The van der Waals surface area contributed by atoms with Crippen molar-refractivity contribution in [2.45, 2.75) is 58.1 Å². The molecule has 0 bridgehead atoms. The number of halogens is 1. The van der Waals surface area contributed by atoms with Gasteiger partial charge in [0.1, 0.15) is 5.60 Å².